The summed E-state index contributed by atoms with van der Waals surface area (Å²) in [5.74, 6) is 0.302. The third-order valence-electron chi connectivity index (χ3n) is 2.26. The number of benzene rings is 1. The fraction of sp³-hybridized carbons (Fsp3) is 0.250. The number of rotatable bonds is 4. The van der Waals surface area contributed by atoms with Crippen molar-refractivity contribution in [2.75, 3.05) is 6.54 Å². The number of nitrogens with zero attached hydrogens (tertiary/aromatic N) is 1. The van der Waals surface area contributed by atoms with Crippen molar-refractivity contribution in [1.29, 1.82) is 0 Å². The quantitative estimate of drug-likeness (QED) is 0.850. The maximum atomic E-state index is 9.35. The molecule has 0 saturated heterocycles. The summed E-state index contributed by atoms with van der Waals surface area (Å²) in [6, 6.07) is 7.28. The molecule has 1 heterocycles. The highest BCUT2D eigenvalue weighted by Crippen LogP contribution is 2.19. The number of hydrogen-bond donors (Lipinski definition) is 2. The molecule has 0 fully saturated rings. The first-order valence-corrected chi connectivity index (χ1v) is 6.01. The van der Waals surface area contributed by atoms with Crippen LogP contribution in [0.4, 0.5) is 0 Å². The van der Waals surface area contributed by atoms with E-state index in [-0.39, 0.29) is 0 Å². The second-order valence-corrected chi connectivity index (χ2v) is 4.81. The molecular formula is C12H14N2OS. The van der Waals surface area contributed by atoms with Crippen LogP contribution in [0.25, 0.3) is 0 Å². The summed E-state index contributed by atoms with van der Waals surface area (Å²) >= 11 is 1.69. The molecule has 3 nitrogen and oxygen atoms in total. The minimum absolute atomic E-state index is 0.302. The van der Waals surface area contributed by atoms with Gasteiger partial charge in [-0.2, -0.15) is 0 Å². The molecule has 0 aliphatic carbocycles. The predicted molar refractivity (Wildman–Crippen MR) is 65.8 cm³/mol. The Bertz CT molecular complexity index is 468. The molecule has 16 heavy (non-hydrogen) atoms. The van der Waals surface area contributed by atoms with Gasteiger partial charge in [-0.1, -0.05) is 12.1 Å². The Morgan fingerprint density at radius 2 is 2.25 bits per heavy atom. The zero-order valence-electron chi connectivity index (χ0n) is 8.89. The molecule has 84 valence electrons. The third kappa shape index (κ3) is 2.81. The number of nitrogens with two attached hydrogens (primary N) is 1. The van der Waals surface area contributed by atoms with Crippen LogP contribution in [0.15, 0.2) is 30.5 Å². The highest BCUT2D eigenvalue weighted by atomic mass is 32.1. The van der Waals surface area contributed by atoms with E-state index in [4.69, 9.17) is 5.73 Å². The van der Waals surface area contributed by atoms with Gasteiger partial charge in [-0.3, -0.25) is 0 Å². The van der Waals surface area contributed by atoms with Gasteiger partial charge in [0.25, 0.3) is 0 Å². The third-order valence-corrected chi connectivity index (χ3v) is 3.32. The first-order valence-electron chi connectivity index (χ1n) is 5.19. The molecule has 0 saturated carbocycles. The van der Waals surface area contributed by atoms with Gasteiger partial charge in [-0.15, -0.1) is 11.3 Å². The van der Waals surface area contributed by atoms with Crippen LogP contribution in [0.5, 0.6) is 5.75 Å². The van der Waals surface area contributed by atoms with Gasteiger partial charge in [0.15, 0.2) is 0 Å². The number of phenols is 1. The summed E-state index contributed by atoms with van der Waals surface area (Å²) in [6.45, 7) is 0.660. The van der Waals surface area contributed by atoms with E-state index < -0.39 is 0 Å². The monoisotopic (exact) mass is 234 g/mol. The Labute approximate surface area is 98.6 Å². The van der Waals surface area contributed by atoms with E-state index in [0.29, 0.717) is 12.3 Å². The SMILES string of the molecule is NCCc1cnc(Cc2cccc(O)c2)s1. The van der Waals surface area contributed by atoms with E-state index in [9.17, 15) is 5.11 Å². The molecule has 1 aromatic heterocycles. The molecule has 0 spiro atoms. The fourth-order valence-corrected chi connectivity index (χ4v) is 2.50. The predicted octanol–water partition coefficient (Wildman–Crippen LogP) is 1.94. The van der Waals surface area contributed by atoms with E-state index in [2.05, 4.69) is 4.98 Å². The lowest BCUT2D eigenvalue weighted by atomic mass is 10.1. The molecule has 0 aliphatic heterocycles. The molecule has 2 rings (SSSR count). The second-order valence-electron chi connectivity index (χ2n) is 3.61. The minimum atomic E-state index is 0.302. The van der Waals surface area contributed by atoms with Crippen molar-refractivity contribution in [3.05, 3.63) is 45.9 Å². The molecule has 0 aliphatic rings. The molecule has 2 aromatic rings. The largest absolute Gasteiger partial charge is 0.508 e. The molecule has 0 bridgehead atoms. The summed E-state index contributed by atoms with van der Waals surface area (Å²) in [6.07, 6.45) is 3.54. The average molecular weight is 234 g/mol. The van der Waals surface area contributed by atoms with Gasteiger partial charge in [0.05, 0.1) is 5.01 Å². The van der Waals surface area contributed by atoms with Gasteiger partial charge in [0.2, 0.25) is 0 Å². The van der Waals surface area contributed by atoms with Gasteiger partial charge >= 0.3 is 0 Å². The lowest BCUT2D eigenvalue weighted by molar-refractivity contribution is 0.474. The topological polar surface area (TPSA) is 59.1 Å². The summed E-state index contributed by atoms with van der Waals surface area (Å²) < 4.78 is 0. The van der Waals surface area contributed by atoms with Crippen LogP contribution >= 0.6 is 11.3 Å². The van der Waals surface area contributed by atoms with Crippen LogP contribution in [-0.4, -0.2) is 16.6 Å². The minimum Gasteiger partial charge on any atom is -0.508 e. The normalized spacial score (nSPS) is 10.6. The highest BCUT2D eigenvalue weighted by molar-refractivity contribution is 7.11. The van der Waals surface area contributed by atoms with Crippen LogP contribution < -0.4 is 5.73 Å². The Kier molecular flexibility index (Phi) is 3.54. The van der Waals surface area contributed by atoms with Crippen molar-refractivity contribution < 1.29 is 5.11 Å². The number of thiazole rings is 1. The second kappa shape index (κ2) is 5.09. The van der Waals surface area contributed by atoms with Gasteiger partial charge in [-0.25, -0.2) is 4.98 Å². The van der Waals surface area contributed by atoms with Crippen LogP contribution in [0.1, 0.15) is 15.4 Å². The number of aromatic nitrogens is 1. The Balaban J connectivity index is 2.08. The van der Waals surface area contributed by atoms with Crippen molar-refractivity contribution in [1.82, 2.24) is 4.98 Å². The van der Waals surface area contributed by atoms with E-state index in [1.807, 2.05) is 18.3 Å². The Morgan fingerprint density at radius 1 is 1.38 bits per heavy atom. The number of phenolic OH excluding ortho intramolecular Hbond substituents is 1. The number of aromatic hydroxyl groups is 1. The maximum Gasteiger partial charge on any atom is 0.115 e. The average Bonchev–Trinajstić information content (AvgIpc) is 2.66. The van der Waals surface area contributed by atoms with E-state index in [1.165, 1.54) is 4.88 Å². The first kappa shape index (κ1) is 11.1. The fourth-order valence-electron chi connectivity index (χ4n) is 1.53. The summed E-state index contributed by atoms with van der Waals surface area (Å²) in [4.78, 5) is 5.56. The highest BCUT2D eigenvalue weighted by Gasteiger charge is 2.03. The molecule has 0 amide bonds. The summed E-state index contributed by atoms with van der Waals surface area (Å²) in [5.41, 5.74) is 6.57. The van der Waals surface area contributed by atoms with Gasteiger partial charge in [0, 0.05) is 17.5 Å². The van der Waals surface area contributed by atoms with E-state index >= 15 is 0 Å². The van der Waals surface area contributed by atoms with Crippen LogP contribution in [0.3, 0.4) is 0 Å². The molecule has 0 radical (unpaired) electrons. The van der Waals surface area contributed by atoms with Gasteiger partial charge in [-0.05, 0) is 30.7 Å². The molecule has 4 heteroatoms. The zero-order chi connectivity index (χ0) is 11.4. The molecule has 0 atom stereocenters. The van der Waals surface area contributed by atoms with E-state index in [0.717, 1.165) is 23.4 Å². The standard InChI is InChI=1S/C12H14N2OS/c13-5-4-11-8-14-12(16-11)7-9-2-1-3-10(15)6-9/h1-3,6,8,15H,4-5,7,13H2. The van der Waals surface area contributed by atoms with Crippen LogP contribution in [0.2, 0.25) is 0 Å². The van der Waals surface area contributed by atoms with Gasteiger partial charge in [0.1, 0.15) is 5.75 Å². The van der Waals surface area contributed by atoms with Crippen molar-refractivity contribution in [3.63, 3.8) is 0 Å². The lowest BCUT2D eigenvalue weighted by Crippen LogP contribution is -2.00. The zero-order valence-corrected chi connectivity index (χ0v) is 9.70. The lowest BCUT2D eigenvalue weighted by Gasteiger charge is -1.98. The molecule has 1 aromatic carbocycles. The van der Waals surface area contributed by atoms with Gasteiger partial charge < -0.3 is 10.8 Å². The molecule has 3 N–H and O–H groups in total. The maximum absolute atomic E-state index is 9.35. The summed E-state index contributed by atoms with van der Waals surface area (Å²) in [5, 5.41) is 10.4. The smallest absolute Gasteiger partial charge is 0.115 e. The van der Waals surface area contributed by atoms with Crippen molar-refractivity contribution in [3.8, 4) is 5.75 Å². The molecular weight excluding hydrogens is 220 g/mol. The number of hydrogen-bond acceptors (Lipinski definition) is 4. The van der Waals surface area contributed by atoms with Crippen molar-refractivity contribution in [2.24, 2.45) is 5.73 Å². The van der Waals surface area contributed by atoms with Crippen LogP contribution in [0, 0.1) is 0 Å². The van der Waals surface area contributed by atoms with Crippen LogP contribution in [-0.2, 0) is 12.8 Å². The van der Waals surface area contributed by atoms with Crippen molar-refractivity contribution in [2.45, 2.75) is 12.8 Å². The van der Waals surface area contributed by atoms with E-state index in [1.54, 1.807) is 23.5 Å². The molecule has 0 unspecified atom stereocenters. The van der Waals surface area contributed by atoms with Crippen molar-refractivity contribution >= 4 is 11.3 Å². The Morgan fingerprint density at radius 3 is 3.00 bits per heavy atom. The Hall–Kier alpha value is -1.39. The first-order chi connectivity index (χ1) is 7.78. The summed E-state index contributed by atoms with van der Waals surface area (Å²) in [7, 11) is 0.